The number of halogens is 1. The zero-order valence-electron chi connectivity index (χ0n) is 9.00. The zero-order valence-corrected chi connectivity index (χ0v) is 10.6. The molecule has 0 saturated carbocycles. The third kappa shape index (κ3) is 1.49. The largest absolute Gasteiger partial charge is 0.307 e. The second-order valence-corrected chi connectivity index (χ2v) is 4.92. The van der Waals surface area contributed by atoms with Gasteiger partial charge >= 0.3 is 0 Å². The first-order valence-electron chi connectivity index (χ1n) is 5.30. The lowest BCUT2D eigenvalue weighted by Crippen LogP contribution is -2.07. The minimum absolute atomic E-state index is 0.905. The molecular weight excluding hydrogens is 266 g/mol. The molecule has 0 aliphatic carbocycles. The van der Waals surface area contributed by atoms with Crippen LogP contribution in [0.2, 0.25) is 0 Å². The first-order chi connectivity index (χ1) is 7.75. The molecular formula is C12H12BrN3. The number of hydrogen-bond donors (Lipinski definition) is 1. The summed E-state index contributed by atoms with van der Waals surface area (Å²) in [5.74, 6) is 0. The van der Waals surface area contributed by atoms with E-state index in [1.807, 2.05) is 16.8 Å². The molecule has 1 aliphatic rings. The van der Waals surface area contributed by atoms with Gasteiger partial charge in [-0.15, -0.1) is 0 Å². The minimum atomic E-state index is 0.905. The van der Waals surface area contributed by atoms with Gasteiger partial charge < -0.3 is 5.32 Å². The molecule has 2 aromatic rings. The quantitative estimate of drug-likeness (QED) is 0.868. The molecule has 1 aromatic carbocycles. The van der Waals surface area contributed by atoms with Crippen LogP contribution in [0.15, 0.2) is 28.7 Å². The molecule has 3 rings (SSSR count). The maximum absolute atomic E-state index is 4.60. The predicted molar refractivity (Wildman–Crippen MR) is 66.5 cm³/mol. The summed E-state index contributed by atoms with van der Waals surface area (Å²) in [6.45, 7) is 3.91. The Hall–Kier alpha value is -1.13. The third-order valence-electron chi connectivity index (χ3n) is 2.94. The molecule has 1 aliphatic heterocycles. The number of benzene rings is 1. The van der Waals surface area contributed by atoms with E-state index in [0.717, 1.165) is 28.9 Å². The summed E-state index contributed by atoms with van der Waals surface area (Å²) in [5, 5.41) is 7.96. The first-order valence-corrected chi connectivity index (χ1v) is 6.09. The van der Waals surface area contributed by atoms with E-state index in [1.165, 1.54) is 11.3 Å². The zero-order chi connectivity index (χ0) is 11.1. The van der Waals surface area contributed by atoms with E-state index in [9.17, 15) is 0 Å². The predicted octanol–water partition coefficient (Wildman–Crippen LogP) is 2.55. The van der Waals surface area contributed by atoms with Crippen molar-refractivity contribution in [2.45, 2.75) is 20.0 Å². The second kappa shape index (κ2) is 3.71. The Kier molecular flexibility index (Phi) is 2.33. The Morgan fingerprint density at radius 3 is 3.06 bits per heavy atom. The lowest BCUT2D eigenvalue weighted by atomic mass is 10.2. The van der Waals surface area contributed by atoms with Crippen LogP contribution in [0, 0.1) is 6.92 Å². The van der Waals surface area contributed by atoms with Crippen molar-refractivity contribution in [3.8, 4) is 5.69 Å². The van der Waals surface area contributed by atoms with Crippen LogP contribution in [-0.2, 0) is 13.1 Å². The molecule has 3 nitrogen and oxygen atoms in total. The van der Waals surface area contributed by atoms with Crippen molar-refractivity contribution in [2.24, 2.45) is 0 Å². The molecule has 2 heterocycles. The minimum Gasteiger partial charge on any atom is -0.307 e. The number of hydrogen-bond acceptors (Lipinski definition) is 2. The van der Waals surface area contributed by atoms with Gasteiger partial charge in [-0.1, -0.05) is 22.0 Å². The normalized spacial score (nSPS) is 14.1. The lowest BCUT2D eigenvalue weighted by Gasteiger charge is -2.05. The van der Waals surface area contributed by atoms with Crippen molar-refractivity contribution in [3.05, 3.63) is 45.7 Å². The average Bonchev–Trinajstić information content (AvgIpc) is 2.83. The maximum atomic E-state index is 4.60. The summed E-state index contributed by atoms with van der Waals surface area (Å²) >= 11 is 3.49. The van der Waals surface area contributed by atoms with Crippen LogP contribution < -0.4 is 5.32 Å². The monoisotopic (exact) mass is 277 g/mol. The highest BCUT2D eigenvalue weighted by Crippen LogP contribution is 2.23. The van der Waals surface area contributed by atoms with Crippen LogP contribution in [-0.4, -0.2) is 9.78 Å². The van der Waals surface area contributed by atoms with Crippen LogP contribution in [0.3, 0.4) is 0 Å². The fourth-order valence-electron chi connectivity index (χ4n) is 2.15. The van der Waals surface area contributed by atoms with Gasteiger partial charge in [-0.3, -0.25) is 0 Å². The van der Waals surface area contributed by atoms with Gasteiger partial charge in [0, 0.05) is 23.1 Å². The molecule has 0 saturated heterocycles. The second-order valence-electron chi connectivity index (χ2n) is 4.01. The van der Waals surface area contributed by atoms with Gasteiger partial charge in [-0.25, -0.2) is 4.68 Å². The highest BCUT2D eigenvalue weighted by atomic mass is 79.9. The van der Waals surface area contributed by atoms with Gasteiger partial charge in [-0.2, -0.15) is 5.10 Å². The van der Waals surface area contributed by atoms with Gasteiger partial charge in [0.15, 0.2) is 0 Å². The molecule has 4 heteroatoms. The van der Waals surface area contributed by atoms with E-state index in [1.54, 1.807) is 0 Å². The van der Waals surface area contributed by atoms with Crippen LogP contribution >= 0.6 is 15.9 Å². The van der Waals surface area contributed by atoms with Crippen LogP contribution in [0.5, 0.6) is 0 Å². The SMILES string of the molecule is Cc1nn(-c2cccc(Br)c2)c2c1CNC2. The van der Waals surface area contributed by atoms with Crippen molar-refractivity contribution in [3.63, 3.8) is 0 Å². The number of fused-ring (bicyclic) bond motifs is 1. The number of nitrogens with zero attached hydrogens (tertiary/aromatic N) is 2. The average molecular weight is 278 g/mol. The molecule has 0 spiro atoms. The Balaban J connectivity index is 2.17. The van der Waals surface area contributed by atoms with Crippen molar-refractivity contribution < 1.29 is 0 Å². The van der Waals surface area contributed by atoms with E-state index < -0.39 is 0 Å². The van der Waals surface area contributed by atoms with Gasteiger partial charge in [-0.05, 0) is 25.1 Å². The molecule has 1 aromatic heterocycles. The third-order valence-corrected chi connectivity index (χ3v) is 3.43. The molecule has 1 N–H and O–H groups in total. The van der Waals surface area contributed by atoms with E-state index in [0.29, 0.717) is 0 Å². The smallest absolute Gasteiger partial charge is 0.0660 e. The standard InChI is InChI=1S/C12H12BrN3/c1-8-11-6-14-7-12(11)16(15-8)10-4-2-3-9(13)5-10/h2-5,14H,6-7H2,1H3. The first kappa shape index (κ1) is 10.1. The molecule has 0 unspecified atom stereocenters. The summed E-state index contributed by atoms with van der Waals surface area (Å²) in [4.78, 5) is 0. The number of aromatic nitrogens is 2. The summed E-state index contributed by atoms with van der Waals surface area (Å²) < 4.78 is 3.12. The summed E-state index contributed by atoms with van der Waals surface area (Å²) in [6, 6.07) is 8.23. The molecule has 16 heavy (non-hydrogen) atoms. The molecule has 0 fully saturated rings. The number of aryl methyl sites for hydroxylation is 1. The Morgan fingerprint density at radius 2 is 2.25 bits per heavy atom. The number of nitrogens with one attached hydrogen (secondary N) is 1. The highest BCUT2D eigenvalue weighted by Gasteiger charge is 2.20. The Morgan fingerprint density at radius 1 is 1.38 bits per heavy atom. The molecule has 0 atom stereocenters. The van der Waals surface area contributed by atoms with Crippen molar-refractivity contribution in [2.75, 3.05) is 0 Å². The topological polar surface area (TPSA) is 29.9 Å². The molecule has 0 bridgehead atoms. The van der Waals surface area contributed by atoms with E-state index in [2.05, 4.69) is 45.4 Å². The molecule has 0 amide bonds. The van der Waals surface area contributed by atoms with Crippen molar-refractivity contribution >= 4 is 15.9 Å². The molecule has 82 valence electrons. The van der Waals surface area contributed by atoms with Crippen LogP contribution in [0.1, 0.15) is 17.0 Å². The van der Waals surface area contributed by atoms with Crippen molar-refractivity contribution in [1.29, 1.82) is 0 Å². The fraction of sp³-hybridized carbons (Fsp3) is 0.250. The summed E-state index contributed by atoms with van der Waals surface area (Å²) in [5.41, 5.74) is 4.87. The highest BCUT2D eigenvalue weighted by molar-refractivity contribution is 9.10. The summed E-state index contributed by atoms with van der Waals surface area (Å²) in [7, 11) is 0. The van der Waals surface area contributed by atoms with Crippen molar-refractivity contribution in [1.82, 2.24) is 15.1 Å². The van der Waals surface area contributed by atoms with Gasteiger partial charge in [0.05, 0.1) is 17.1 Å². The number of rotatable bonds is 1. The van der Waals surface area contributed by atoms with E-state index >= 15 is 0 Å². The van der Waals surface area contributed by atoms with Crippen LogP contribution in [0.25, 0.3) is 5.69 Å². The van der Waals surface area contributed by atoms with Crippen LogP contribution in [0.4, 0.5) is 0 Å². The van der Waals surface area contributed by atoms with Gasteiger partial charge in [0.1, 0.15) is 0 Å². The maximum Gasteiger partial charge on any atom is 0.0660 e. The van der Waals surface area contributed by atoms with E-state index in [4.69, 9.17) is 0 Å². The Bertz CT molecular complexity index is 545. The molecule has 0 radical (unpaired) electrons. The summed E-state index contributed by atoms with van der Waals surface area (Å²) in [6.07, 6.45) is 0. The fourth-order valence-corrected chi connectivity index (χ4v) is 2.53. The van der Waals surface area contributed by atoms with E-state index in [-0.39, 0.29) is 0 Å². The van der Waals surface area contributed by atoms with Gasteiger partial charge in [0.25, 0.3) is 0 Å². The Labute approximate surface area is 103 Å². The lowest BCUT2D eigenvalue weighted by molar-refractivity contribution is 0.704. The van der Waals surface area contributed by atoms with Gasteiger partial charge in [0.2, 0.25) is 0 Å².